The molecule has 1 fully saturated rings. The van der Waals surface area contributed by atoms with Gasteiger partial charge in [0.05, 0.1) is 6.20 Å². The van der Waals surface area contributed by atoms with Crippen LogP contribution in [0.5, 0.6) is 0 Å². The van der Waals surface area contributed by atoms with Gasteiger partial charge in [-0.05, 0) is 18.9 Å². The van der Waals surface area contributed by atoms with Gasteiger partial charge in [0.15, 0.2) is 0 Å². The predicted molar refractivity (Wildman–Crippen MR) is 87.8 cm³/mol. The van der Waals surface area contributed by atoms with Gasteiger partial charge in [-0.25, -0.2) is 4.79 Å². The lowest BCUT2D eigenvalue weighted by atomic mass is 10.1. The van der Waals surface area contributed by atoms with Crippen molar-refractivity contribution in [1.29, 1.82) is 0 Å². The molecular formula is C18H21N3O3. The summed E-state index contributed by atoms with van der Waals surface area (Å²) in [6.45, 7) is 2.63. The van der Waals surface area contributed by atoms with E-state index in [2.05, 4.69) is 5.10 Å². The molecule has 1 amide bonds. The zero-order valence-electron chi connectivity index (χ0n) is 13.9. The molecule has 0 saturated carbocycles. The van der Waals surface area contributed by atoms with Gasteiger partial charge in [-0.15, -0.1) is 0 Å². The summed E-state index contributed by atoms with van der Waals surface area (Å²) in [5, 5.41) is 4.04. The average Bonchev–Trinajstić information content (AvgIpc) is 3.14. The van der Waals surface area contributed by atoms with Crippen molar-refractivity contribution in [2.24, 2.45) is 7.05 Å². The van der Waals surface area contributed by atoms with Gasteiger partial charge in [0.25, 0.3) is 0 Å². The molecule has 1 aliphatic heterocycles. The Bertz CT molecular complexity index is 736. The summed E-state index contributed by atoms with van der Waals surface area (Å²) in [4.78, 5) is 26.1. The van der Waals surface area contributed by atoms with Gasteiger partial charge in [0.2, 0.25) is 5.91 Å². The number of ether oxygens (including phenoxy) is 1. The van der Waals surface area contributed by atoms with E-state index in [1.54, 1.807) is 22.0 Å². The molecule has 1 aliphatic rings. The van der Waals surface area contributed by atoms with E-state index in [9.17, 15) is 9.59 Å². The van der Waals surface area contributed by atoms with Crippen LogP contribution < -0.4 is 0 Å². The Morgan fingerprint density at radius 2 is 2.04 bits per heavy atom. The van der Waals surface area contributed by atoms with Crippen molar-refractivity contribution >= 4 is 11.9 Å². The zero-order valence-corrected chi connectivity index (χ0v) is 13.9. The predicted octanol–water partition coefficient (Wildman–Crippen LogP) is 1.96. The lowest BCUT2D eigenvalue weighted by molar-refractivity contribution is -0.153. The lowest BCUT2D eigenvalue weighted by Crippen LogP contribution is -2.39. The minimum Gasteiger partial charge on any atom is -0.459 e. The molecule has 0 spiro atoms. The van der Waals surface area contributed by atoms with E-state index in [1.807, 2.05) is 38.2 Å². The van der Waals surface area contributed by atoms with Gasteiger partial charge >= 0.3 is 5.97 Å². The molecule has 24 heavy (non-hydrogen) atoms. The van der Waals surface area contributed by atoms with E-state index in [1.165, 1.54) is 5.56 Å². The van der Waals surface area contributed by atoms with Crippen molar-refractivity contribution in [2.45, 2.75) is 39.0 Å². The summed E-state index contributed by atoms with van der Waals surface area (Å²) in [5.74, 6) is -0.351. The largest absolute Gasteiger partial charge is 0.459 e. The normalized spacial score (nSPS) is 17.3. The van der Waals surface area contributed by atoms with E-state index < -0.39 is 6.04 Å². The molecule has 126 valence electrons. The van der Waals surface area contributed by atoms with Crippen LogP contribution in [0, 0.1) is 6.92 Å². The van der Waals surface area contributed by atoms with Crippen LogP contribution >= 0.6 is 0 Å². The summed E-state index contributed by atoms with van der Waals surface area (Å²) in [5.41, 5.74) is 3.01. The maximum Gasteiger partial charge on any atom is 0.329 e. The summed E-state index contributed by atoms with van der Waals surface area (Å²) in [6, 6.07) is 7.48. The Morgan fingerprint density at radius 3 is 2.71 bits per heavy atom. The Morgan fingerprint density at radius 1 is 1.29 bits per heavy atom. The number of nitrogens with zero attached hydrogens (tertiary/aromatic N) is 3. The third kappa shape index (κ3) is 3.64. The second-order valence-corrected chi connectivity index (χ2v) is 6.19. The van der Waals surface area contributed by atoms with Crippen LogP contribution in [0.4, 0.5) is 0 Å². The monoisotopic (exact) mass is 327 g/mol. The number of hydrogen-bond acceptors (Lipinski definition) is 4. The third-order valence-corrected chi connectivity index (χ3v) is 4.21. The summed E-state index contributed by atoms with van der Waals surface area (Å²) in [7, 11) is 1.81. The number of carbonyl (C=O) groups excluding carboxylic acids is 2. The van der Waals surface area contributed by atoms with Crippen molar-refractivity contribution < 1.29 is 14.3 Å². The smallest absolute Gasteiger partial charge is 0.329 e. The minimum atomic E-state index is -0.504. The molecule has 0 aliphatic carbocycles. The molecule has 1 atom stereocenters. The number of rotatable bonds is 5. The number of aromatic nitrogens is 2. The fraction of sp³-hybridized carbons (Fsp3) is 0.389. The fourth-order valence-electron chi connectivity index (χ4n) is 2.86. The Hall–Kier alpha value is -2.63. The molecule has 1 aromatic carbocycles. The van der Waals surface area contributed by atoms with E-state index >= 15 is 0 Å². The molecular weight excluding hydrogens is 306 g/mol. The number of hydrogen-bond donors (Lipinski definition) is 0. The van der Waals surface area contributed by atoms with Gasteiger partial charge in [-0.2, -0.15) is 5.10 Å². The van der Waals surface area contributed by atoms with E-state index in [-0.39, 0.29) is 18.5 Å². The zero-order chi connectivity index (χ0) is 17.1. The fourth-order valence-corrected chi connectivity index (χ4v) is 2.86. The highest BCUT2D eigenvalue weighted by atomic mass is 16.5. The SMILES string of the molecule is Cc1ccc(CN2C(=O)CCC2C(=O)OCc2cnn(C)c2)cc1. The number of amides is 1. The molecule has 1 saturated heterocycles. The molecule has 0 bridgehead atoms. The van der Waals surface area contributed by atoms with Crippen molar-refractivity contribution in [3.8, 4) is 0 Å². The Kier molecular flexibility index (Phi) is 4.64. The first-order valence-corrected chi connectivity index (χ1v) is 8.02. The highest BCUT2D eigenvalue weighted by Crippen LogP contribution is 2.23. The molecule has 0 N–H and O–H groups in total. The number of esters is 1. The molecule has 2 heterocycles. The highest BCUT2D eigenvalue weighted by molar-refractivity contribution is 5.88. The van der Waals surface area contributed by atoms with Crippen LogP contribution in [0.3, 0.4) is 0 Å². The van der Waals surface area contributed by atoms with Crippen LogP contribution in [-0.4, -0.2) is 32.6 Å². The molecule has 0 radical (unpaired) electrons. The molecule has 2 aromatic rings. The van der Waals surface area contributed by atoms with Gasteiger partial charge < -0.3 is 9.64 Å². The third-order valence-electron chi connectivity index (χ3n) is 4.21. The standard InChI is InChI=1S/C18H21N3O3/c1-13-3-5-14(6-4-13)11-21-16(7-8-17(21)22)18(23)24-12-15-9-19-20(2)10-15/h3-6,9-10,16H,7-8,11-12H2,1-2H3. The van der Waals surface area contributed by atoms with Crippen LogP contribution in [0.2, 0.25) is 0 Å². The Labute approximate surface area is 141 Å². The van der Waals surface area contributed by atoms with Gasteiger partial charge in [0, 0.05) is 31.8 Å². The van der Waals surface area contributed by atoms with Crippen LogP contribution in [0.1, 0.15) is 29.5 Å². The van der Waals surface area contributed by atoms with Crippen molar-refractivity contribution in [3.05, 3.63) is 53.3 Å². The lowest BCUT2D eigenvalue weighted by Gasteiger charge is -2.23. The highest BCUT2D eigenvalue weighted by Gasteiger charge is 2.37. The van der Waals surface area contributed by atoms with Crippen molar-refractivity contribution in [3.63, 3.8) is 0 Å². The maximum atomic E-state index is 12.4. The van der Waals surface area contributed by atoms with Crippen LogP contribution in [0.15, 0.2) is 36.7 Å². The van der Waals surface area contributed by atoms with E-state index in [4.69, 9.17) is 4.74 Å². The molecule has 6 heteroatoms. The first-order valence-electron chi connectivity index (χ1n) is 8.02. The average molecular weight is 327 g/mol. The molecule has 6 nitrogen and oxygen atoms in total. The second kappa shape index (κ2) is 6.86. The maximum absolute atomic E-state index is 12.4. The van der Waals surface area contributed by atoms with Gasteiger partial charge in [-0.3, -0.25) is 9.48 Å². The number of aryl methyl sites for hydroxylation is 2. The molecule has 1 unspecified atom stereocenters. The number of benzene rings is 1. The first kappa shape index (κ1) is 16.2. The Balaban J connectivity index is 1.63. The van der Waals surface area contributed by atoms with Crippen molar-refractivity contribution in [2.75, 3.05) is 0 Å². The topological polar surface area (TPSA) is 64.4 Å². The van der Waals surface area contributed by atoms with E-state index in [0.717, 1.165) is 11.1 Å². The summed E-state index contributed by atoms with van der Waals surface area (Å²) >= 11 is 0. The van der Waals surface area contributed by atoms with Crippen LogP contribution in [0.25, 0.3) is 0 Å². The summed E-state index contributed by atoms with van der Waals surface area (Å²) < 4.78 is 7.03. The number of carbonyl (C=O) groups is 2. The summed E-state index contributed by atoms with van der Waals surface area (Å²) in [6.07, 6.45) is 4.36. The van der Waals surface area contributed by atoms with Crippen molar-refractivity contribution in [1.82, 2.24) is 14.7 Å². The minimum absolute atomic E-state index is 0.00102. The second-order valence-electron chi connectivity index (χ2n) is 6.19. The molecule has 1 aromatic heterocycles. The van der Waals surface area contributed by atoms with E-state index in [0.29, 0.717) is 19.4 Å². The number of likely N-dealkylation sites (tertiary alicyclic amines) is 1. The quantitative estimate of drug-likeness (QED) is 0.788. The first-order chi connectivity index (χ1) is 11.5. The molecule has 3 rings (SSSR count). The van der Waals surface area contributed by atoms with Gasteiger partial charge in [0.1, 0.15) is 12.6 Å². The van der Waals surface area contributed by atoms with Crippen LogP contribution in [-0.2, 0) is 34.5 Å². The van der Waals surface area contributed by atoms with Gasteiger partial charge in [-0.1, -0.05) is 29.8 Å².